The molecule has 1 N–H and O–H groups in total. The van der Waals surface area contributed by atoms with Crippen molar-refractivity contribution in [3.8, 4) is 0 Å². The molecule has 0 radical (unpaired) electrons. The Morgan fingerprint density at radius 1 is 0.727 bits per heavy atom. The Bertz CT molecular complexity index is 361. The Balaban J connectivity index is 3.67. The molecule has 0 spiro atoms. The van der Waals surface area contributed by atoms with Crippen molar-refractivity contribution < 1.29 is 19.2 Å². The van der Waals surface area contributed by atoms with Crippen LogP contribution in [0, 0.1) is 11.8 Å². The Morgan fingerprint density at radius 3 is 1.82 bits per heavy atom. The molecule has 0 heterocycles. The van der Waals surface area contributed by atoms with Crippen molar-refractivity contribution in [2.75, 3.05) is 6.54 Å². The zero-order chi connectivity index (χ0) is 17.1. The van der Waals surface area contributed by atoms with E-state index in [9.17, 15) is 19.2 Å². The van der Waals surface area contributed by atoms with Gasteiger partial charge in [0.05, 0.1) is 6.54 Å². The van der Waals surface area contributed by atoms with Crippen LogP contribution < -0.4 is 5.32 Å². The van der Waals surface area contributed by atoms with Crippen molar-refractivity contribution in [1.29, 1.82) is 0 Å². The van der Waals surface area contributed by atoms with Crippen LogP contribution in [0.3, 0.4) is 0 Å². The molecule has 1 amide bonds. The second-order valence-corrected chi connectivity index (χ2v) is 6.26. The number of carbonyl (C=O) groups is 4. The molecule has 0 saturated heterocycles. The average molecular weight is 311 g/mol. The minimum Gasteiger partial charge on any atom is -0.349 e. The molecular formula is C17H29NO4. The van der Waals surface area contributed by atoms with Crippen LogP contribution in [0.5, 0.6) is 0 Å². The topological polar surface area (TPSA) is 80.3 Å². The highest BCUT2D eigenvalue weighted by atomic mass is 16.2. The van der Waals surface area contributed by atoms with Gasteiger partial charge in [0.1, 0.15) is 11.6 Å². The minimum atomic E-state index is -0.156. The maximum absolute atomic E-state index is 11.6. The lowest BCUT2D eigenvalue weighted by Crippen LogP contribution is -2.31. The maximum atomic E-state index is 11.6. The van der Waals surface area contributed by atoms with Gasteiger partial charge in [0.2, 0.25) is 5.91 Å². The van der Waals surface area contributed by atoms with Crippen LogP contribution in [0.2, 0.25) is 0 Å². The number of amides is 1. The van der Waals surface area contributed by atoms with Gasteiger partial charge in [0.15, 0.2) is 5.78 Å². The van der Waals surface area contributed by atoms with Crippen molar-refractivity contribution in [3.05, 3.63) is 0 Å². The van der Waals surface area contributed by atoms with Crippen molar-refractivity contribution in [2.24, 2.45) is 11.8 Å². The zero-order valence-electron chi connectivity index (χ0n) is 14.2. The van der Waals surface area contributed by atoms with E-state index < -0.39 is 0 Å². The predicted molar refractivity (Wildman–Crippen MR) is 85.4 cm³/mol. The summed E-state index contributed by atoms with van der Waals surface area (Å²) in [5, 5.41) is 2.59. The van der Waals surface area contributed by atoms with E-state index >= 15 is 0 Å². The highest BCUT2D eigenvalue weighted by molar-refractivity contribution is 5.87. The predicted octanol–water partition coefficient (Wildman–Crippen LogP) is 2.46. The van der Waals surface area contributed by atoms with Crippen LogP contribution in [-0.2, 0) is 19.2 Å². The minimum absolute atomic E-state index is 0.0124. The first-order valence-electron chi connectivity index (χ1n) is 8.07. The Morgan fingerprint density at radius 2 is 1.27 bits per heavy atom. The van der Waals surface area contributed by atoms with E-state index in [1.165, 1.54) is 0 Å². The van der Waals surface area contributed by atoms with Crippen LogP contribution in [0.15, 0.2) is 0 Å². The number of rotatable bonds is 12. The van der Waals surface area contributed by atoms with E-state index in [4.69, 9.17) is 0 Å². The van der Waals surface area contributed by atoms with E-state index in [0.717, 1.165) is 0 Å². The second-order valence-electron chi connectivity index (χ2n) is 6.26. The smallest absolute Gasteiger partial charge is 0.220 e. The molecule has 0 aromatic rings. The molecule has 0 unspecified atom stereocenters. The molecule has 0 bridgehead atoms. The first-order valence-corrected chi connectivity index (χ1v) is 8.07. The van der Waals surface area contributed by atoms with Crippen molar-refractivity contribution >= 4 is 23.3 Å². The quantitative estimate of drug-likeness (QED) is 0.561. The van der Waals surface area contributed by atoms with E-state index in [-0.39, 0.29) is 41.6 Å². The SMILES string of the molecule is CC(C)C(=O)CCC(=O)CCCCC(=O)NCC(=O)C(C)C. The van der Waals surface area contributed by atoms with Gasteiger partial charge in [-0.25, -0.2) is 0 Å². The molecule has 0 fully saturated rings. The molecule has 0 aromatic carbocycles. The summed E-state index contributed by atoms with van der Waals surface area (Å²) in [5.74, 6) is -0.0572. The maximum Gasteiger partial charge on any atom is 0.220 e. The standard InChI is InChI=1S/C17H29NO4/c1-12(2)15(20)10-9-14(19)7-5-6-8-17(22)18-11-16(21)13(3)4/h12-13H,5-11H2,1-4H3,(H,18,22). The summed E-state index contributed by atoms with van der Waals surface area (Å²) < 4.78 is 0. The van der Waals surface area contributed by atoms with Crippen molar-refractivity contribution in [2.45, 2.75) is 66.2 Å². The molecule has 0 aliphatic rings. The highest BCUT2D eigenvalue weighted by Crippen LogP contribution is 2.07. The van der Waals surface area contributed by atoms with E-state index in [0.29, 0.717) is 38.5 Å². The zero-order valence-corrected chi connectivity index (χ0v) is 14.2. The number of unbranched alkanes of at least 4 members (excludes halogenated alkanes) is 1. The summed E-state index contributed by atoms with van der Waals surface area (Å²) >= 11 is 0. The summed E-state index contributed by atoms with van der Waals surface area (Å²) in [7, 11) is 0. The van der Waals surface area contributed by atoms with Gasteiger partial charge in [-0.15, -0.1) is 0 Å². The normalized spacial score (nSPS) is 10.8. The summed E-state index contributed by atoms with van der Waals surface area (Å²) in [4.78, 5) is 45.9. The van der Waals surface area contributed by atoms with Gasteiger partial charge >= 0.3 is 0 Å². The van der Waals surface area contributed by atoms with Gasteiger partial charge in [0.25, 0.3) is 0 Å². The summed E-state index contributed by atoms with van der Waals surface area (Å²) in [6.07, 6.45) is 2.60. The van der Waals surface area contributed by atoms with Crippen LogP contribution >= 0.6 is 0 Å². The fourth-order valence-corrected chi connectivity index (χ4v) is 1.76. The van der Waals surface area contributed by atoms with Gasteiger partial charge in [-0.05, 0) is 12.8 Å². The number of hydrogen-bond acceptors (Lipinski definition) is 4. The fourth-order valence-electron chi connectivity index (χ4n) is 1.76. The lowest BCUT2D eigenvalue weighted by Gasteiger charge is -2.06. The fraction of sp³-hybridized carbons (Fsp3) is 0.765. The molecule has 0 aliphatic carbocycles. The van der Waals surface area contributed by atoms with Crippen LogP contribution in [-0.4, -0.2) is 29.8 Å². The van der Waals surface area contributed by atoms with Gasteiger partial charge < -0.3 is 5.32 Å². The van der Waals surface area contributed by atoms with Gasteiger partial charge in [-0.3, -0.25) is 19.2 Å². The van der Waals surface area contributed by atoms with Gasteiger partial charge in [-0.1, -0.05) is 27.7 Å². The third kappa shape index (κ3) is 10.2. The lowest BCUT2D eigenvalue weighted by atomic mass is 10.0. The molecule has 5 nitrogen and oxygen atoms in total. The molecular weight excluding hydrogens is 282 g/mol. The highest BCUT2D eigenvalue weighted by Gasteiger charge is 2.11. The lowest BCUT2D eigenvalue weighted by molar-refractivity contribution is -0.126. The van der Waals surface area contributed by atoms with E-state index in [2.05, 4.69) is 5.32 Å². The Kier molecular flexibility index (Phi) is 10.3. The second kappa shape index (κ2) is 11.1. The molecule has 0 saturated carbocycles. The third-order valence-electron chi connectivity index (χ3n) is 3.51. The largest absolute Gasteiger partial charge is 0.349 e. The number of carbonyl (C=O) groups excluding carboxylic acids is 4. The molecule has 126 valence electrons. The molecule has 0 aromatic heterocycles. The van der Waals surface area contributed by atoms with E-state index in [1.54, 1.807) is 13.8 Å². The van der Waals surface area contributed by atoms with Crippen molar-refractivity contribution in [1.82, 2.24) is 5.32 Å². The first kappa shape index (κ1) is 20.5. The number of nitrogens with one attached hydrogen (secondary N) is 1. The monoisotopic (exact) mass is 311 g/mol. The van der Waals surface area contributed by atoms with Crippen LogP contribution in [0.1, 0.15) is 66.2 Å². The van der Waals surface area contributed by atoms with Crippen LogP contribution in [0.4, 0.5) is 0 Å². The summed E-state index contributed by atoms with van der Waals surface area (Å²) in [5.41, 5.74) is 0. The van der Waals surface area contributed by atoms with Gasteiger partial charge in [-0.2, -0.15) is 0 Å². The van der Waals surface area contributed by atoms with Crippen molar-refractivity contribution in [3.63, 3.8) is 0 Å². The summed E-state index contributed by atoms with van der Waals surface area (Å²) in [6.45, 7) is 7.33. The number of hydrogen-bond donors (Lipinski definition) is 1. The van der Waals surface area contributed by atoms with E-state index in [1.807, 2.05) is 13.8 Å². The first-order chi connectivity index (χ1) is 10.2. The Hall–Kier alpha value is -1.52. The molecule has 22 heavy (non-hydrogen) atoms. The molecule has 0 atom stereocenters. The van der Waals surface area contributed by atoms with Gasteiger partial charge in [0, 0.05) is 37.5 Å². The molecule has 0 rings (SSSR count). The average Bonchev–Trinajstić information content (AvgIpc) is 2.46. The number of ketones is 3. The third-order valence-corrected chi connectivity index (χ3v) is 3.51. The summed E-state index contributed by atoms with van der Waals surface area (Å²) in [6, 6.07) is 0. The number of Topliss-reactive ketones (excluding diaryl/α,β-unsaturated/α-hetero) is 3. The molecule has 0 aliphatic heterocycles. The Labute approximate surface area is 133 Å². The molecule has 5 heteroatoms. The van der Waals surface area contributed by atoms with Crippen LogP contribution in [0.25, 0.3) is 0 Å².